The van der Waals surface area contributed by atoms with Gasteiger partial charge in [-0.3, -0.25) is 0 Å². The second-order valence-corrected chi connectivity index (χ2v) is 2.73. The molecule has 0 aromatic rings. The molecule has 0 heterocycles. The molecule has 0 aromatic carbocycles. The van der Waals surface area contributed by atoms with Crippen molar-refractivity contribution in [2.45, 2.75) is 0 Å². The summed E-state index contributed by atoms with van der Waals surface area (Å²) >= 11 is 0. The molecule has 0 unspecified atom stereocenters. The van der Waals surface area contributed by atoms with Crippen LogP contribution in [0.15, 0.2) is 0 Å². The normalized spacial score (nSPS) is 7.56. The molecule has 0 amide bonds. The van der Waals surface area contributed by atoms with Gasteiger partial charge < -0.3 is 11.6 Å². The van der Waals surface area contributed by atoms with Crippen molar-refractivity contribution in [1.29, 1.82) is 0 Å². The molecule has 0 radical (unpaired) electrons. The largest absolute Gasteiger partial charge is 1.00 e. The van der Waals surface area contributed by atoms with E-state index in [-0.39, 0.29) is 52.6 Å². The van der Waals surface area contributed by atoms with Crippen molar-refractivity contribution in [2.75, 3.05) is 0 Å². The van der Waals surface area contributed by atoms with Crippen LogP contribution in [-0.4, -0.2) is 20.8 Å². The van der Waals surface area contributed by atoms with Crippen LogP contribution in [0.25, 0.3) is 0 Å². The predicted octanol–water partition coefficient (Wildman–Crippen LogP) is -1.16. The van der Waals surface area contributed by atoms with E-state index in [2.05, 4.69) is 0 Å². The van der Waals surface area contributed by atoms with E-state index in [0.717, 1.165) is 0 Å². The van der Waals surface area contributed by atoms with Crippen LogP contribution in [0.3, 0.4) is 0 Å². The third kappa shape index (κ3) is 12.0. The van der Waals surface area contributed by atoms with E-state index >= 15 is 0 Å². The fourth-order valence-electron chi connectivity index (χ4n) is 0.0713. The summed E-state index contributed by atoms with van der Waals surface area (Å²) in [7, 11) is 0.546. The number of carbonyl (C=O) groups is 2. The van der Waals surface area contributed by atoms with Crippen LogP contribution in [0, 0.1) is 0 Å². The Morgan fingerprint density at radius 2 is 1.33 bits per heavy atom. The van der Waals surface area contributed by atoms with E-state index in [9.17, 15) is 9.59 Å². The maximum Gasteiger partial charge on any atom is 1.00 e. The third-order valence-corrected chi connectivity index (χ3v) is 1.66. The van der Waals surface area contributed by atoms with Crippen LogP contribution in [0.2, 0.25) is 0 Å². The number of carboxylic acid groups (broad SMARTS) is 2. The molecule has 7 heteroatoms. The van der Waals surface area contributed by atoms with Gasteiger partial charge in [-0.05, 0) is 0 Å². The molecule has 48 valence electrons. The smallest absolute Gasteiger partial charge is 1.00 e. The number of rotatable bonds is 0. The Labute approximate surface area is 82.6 Å². The summed E-state index contributed by atoms with van der Waals surface area (Å²) in [5.74, 6) is 0. The van der Waals surface area contributed by atoms with Crippen molar-refractivity contribution in [3.63, 3.8) is 0 Å². The summed E-state index contributed by atoms with van der Waals surface area (Å²) in [4.78, 5) is 19.2. The van der Waals surface area contributed by atoms with Gasteiger partial charge in [-0.15, -0.1) is 0 Å². The van der Waals surface area contributed by atoms with E-state index in [1.54, 1.807) is 0 Å². The van der Waals surface area contributed by atoms with Gasteiger partial charge in [0, 0.05) is 21.6 Å². The molecule has 0 aliphatic carbocycles. The van der Waals surface area contributed by atoms with E-state index in [1.807, 2.05) is 0 Å². The molecule has 9 heavy (non-hydrogen) atoms. The first-order valence-corrected chi connectivity index (χ1v) is 3.58. The van der Waals surface area contributed by atoms with Gasteiger partial charge in [0.05, 0.1) is 0 Å². The quantitative estimate of drug-likeness (QED) is 0.360. The molecule has 0 fully saturated rings. The molecule has 0 atom stereocenters. The minimum atomic E-state index is -1.20. The molecule has 0 aliphatic rings. The third-order valence-electron chi connectivity index (χ3n) is 0.184. The van der Waals surface area contributed by atoms with Crippen molar-refractivity contribution in [3.8, 4) is 0 Å². The molecule has 0 aromatic heterocycles. The Morgan fingerprint density at radius 3 is 1.44 bits per heavy atom. The van der Waals surface area contributed by atoms with Crippen LogP contribution in [-0.2, 0) is 0 Å². The van der Waals surface area contributed by atoms with Crippen molar-refractivity contribution in [1.82, 2.24) is 0 Å². The van der Waals surface area contributed by atoms with Gasteiger partial charge in [0.15, 0.2) is 0 Å². The summed E-state index contributed by atoms with van der Waals surface area (Å²) in [6.45, 7) is 0. The Balaban J connectivity index is -0.000000245. The van der Waals surface area contributed by atoms with Crippen molar-refractivity contribution in [3.05, 3.63) is 0 Å². The van der Waals surface area contributed by atoms with Crippen LogP contribution in [0.4, 0.5) is 9.59 Å². The fraction of sp³-hybridized carbons (Fsp3) is 0. The standard InChI is InChI=1S/C2H2O4S2.Na.H/c3-1(4)7-8-2(5)6;;/h(H,3,4)(H,5,6);;/q;+1;-1. The van der Waals surface area contributed by atoms with Crippen LogP contribution >= 0.6 is 21.6 Å². The molecule has 0 saturated carbocycles. The second kappa shape index (κ2) is 6.76. The predicted molar refractivity (Wildman–Crippen MR) is 32.3 cm³/mol. The van der Waals surface area contributed by atoms with E-state index in [4.69, 9.17) is 10.2 Å². The molecule has 2 N–H and O–H groups in total. The van der Waals surface area contributed by atoms with Gasteiger partial charge in [-0.2, -0.15) is 0 Å². The van der Waals surface area contributed by atoms with Crippen molar-refractivity contribution >= 4 is 32.2 Å². The minimum Gasteiger partial charge on any atom is -1.00 e. The van der Waals surface area contributed by atoms with Crippen molar-refractivity contribution < 1.29 is 50.8 Å². The average Bonchev–Trinajstić information content (AvgIpc) is 1.61. The zero-order valence-electron chi connectivity index (χ0n) is 5.53. The summed E-state index contributed by atoms with van der Waals surface area (Å²) in [5.41, 5.74) is 0. The van der Waals surface area contributed by atoms with Crippen LogP contribution < -0.4 is 29.6 Å². The Morgan fingerprint density at radius 1 is 1.11 bits per heavy atom. The first-order valence-electron chi connectivity index (χ1n) is 1.43. The van der Waals surface area contributed by atoms with Crippen molar-refractivity contribution in [2.24, 2.45) is 0 Å². The summed E-state index contributed by atoms with van der Waals surface area (Å²) in [6, 6.07) is 0. The Hall–Kier alpha value is 0.640. The maximum atomic E-state index is 9.58. The summed E-state index contributed by atoms with van der Waals surface area (Å²) < 4.78 is 0. The molecular formula is C2H3NaO4S2. The monoisotopic (exact) mass is 178 g/mol. The van der Waals surface area contributed by atoms with Gasteiger partial charge in [0.2, 0.25) is 0 Å². The first kappa shape index (κ1) is 12.3. The SMILES string of the molecule is O=C(O)SSC(=O)O.[H-].[Na+]. The van der Waals surface area contributed by atoms with Gasteiger partial charge in [0.1, 0.15) is 0 Å². The fourth-order valence-corrected chi connectivity index (χ4v) is 0.642. The number of hydrogen-bond donors (Lipinski definition) is 2. The van der Waals surface area contributed by atoms with Gasteiger partial charge in [0.25, 0.3) is 0 Å². The second-order valence-electron chi connectivity index (χ2n) is 0.698. The van der Waals surface area contributed by atoms with Gasteiger partial charge >= 0.3 is 40.2 Å². The van der Waals surface area contributed by atoms with Crippen LogP contribution in [0.5, 0.6) is 0 Å². The minimum absolute atomic E-state index is 0. The Kier molecular flexibility index (Phi) is 9.25. The van der Waals surface area contributed by atoms with Crippen LogP contribution in [0.1, 0.15) is 1.43 Å². The molecular weight excluding hydrogens is 175 g/mol. The topological polar surface area (TPSA) is 74.6 Å². The molecule has 4 nitrogen and oxygen atoms in total. The zero-order valence-corrected chi connectivity index (χ0v) is 8.16. The molecule has 0 spiro atoms. The van der Waals surface area contributed by atoms with E-state index in [1.165, 1.54) is 0 Å². The Bertz CT molecular complexity index is 106. The van der Waals surface area contributed by atoms with E-state index < -0.39 is 10.6 Å². The first-order chi connectivity index (χ1) is 3.63. The molecule has 0 saturated heterocycles. The zero-order chi connectivity index (χ0) is 6.57. The average molecular weight is 178 g/mol. The summed E-state index contributed by atoms with van der Waals surface area (Å²) in [5, 5.41) is 13.3. The number of hydrogen-bond acceptors (Lipinski definition) is 4. The maximum absolute atomic E-state index is 9.58. The van der Waals surface area contributed by atoms with Gasteiger partial charge in [-0.1, -0.05) is 0 Å². The summed E-state index contributed by atoms with van der Waals surface area (Å²) in [6.07, 6.45) is 0. The van der Waals surface area contributed by atoms with E-state index in [0.29, 0.717) is 0 Å². The van der Waals surface area contributed by atoms with Gasteiger partial charge in [-0.25, -0.2) is 9.59 Å². The molecule has 0 rings (SSSR count). The molecule has 0 aliphatic heterocycles. The molecule has 0 bridgehead atoms.